The zero-order chi connectivity index (χ0) is 10.1. The molecule has 1 aromatic rings. The van der Waals surface area contributed by atoms with E-state index in [4.69, 9.17) is 16.7 Å². The average Bonchev–Trinajstić information content (AvgIpc) is 2.00. The molecule has 0 aliphatic carbocycles. The second kappa shape index (κ2) is 3.42. The van der Waals surface area contributed by atoms with E-state index < -0.39 is 5.97 Å². The molecule has 74 valence electrons. The summed E-state index contributed by atoms with van der Waals surface area (Å²) in [5.74, 6) is -0.368. The molecule has 6 heteroatoms. The summed E-state index contributed by atoms with van der Waals surface area (Å²) in [7, 11) is 0. The molecule has 0 spiro atoms. The summed E-state index contributed by atoms with van der Waals surface area (Å²) in [6.07, 6.45) is 1.37. The Morgan fingerprint density at radius 3 is 2.86 bits per heavy atom. The number of carboxylic acid groups (broad SMARTS) is 1. The summed E-state index contributed by atoms with van der Waals surface area (Å²) in [5.41, 5.74) is 0. The minimum absolute atomic E-state index is 0.288. The van der Waals surface area contributed by atoms with Crippen molar-refractivity contribution in [3.05, 3.63) is 17.5 Å². The Hall–Kier alpha value is -1.36. The number of nitrogens with zero attached hydrogens (tertiary/aromatic N) is 3. The van der Waals surface area contributed by atoms with Crippen molar-refractivity contribution < 1.29 is 9.90 Å². The van der Waals surface area contributed by atoms with Crippen LogP contribution in [0, 0.1) is 5.92 Å². The van der Waals surface area contributed by atoms with Crippen LogP contribution >= 0.6 is 11.6 Å². The van der Waals surface area contributed by atoms with Gasteiger partial charge in [0.25, 0.3) is 0 Å². The second-order valence-corrected chi connectivity index (χ2v) is 3.53. The van der Waals surface area contributed by atoms with E-state index in [1.807, 2.05) is 4.90 Å². The Morgan fingerprint density at radius 1 is 1.57 bits per heavy atom. The second-order valence-electron chi connectivity index (χ2n) is 3.14. The van der Waals surface area contributed by atoms with Crippen molar-refractivity contribution in [3.8, 4) is 0 Å². The molecule has 1 aromatic heterocycles. The van der Waals surface area contributed by atoms with E-state index >= 15 is 0 Å². The summed E-state index contributed by atoms with van der Waals surface area (Å²) in [4.78, 5) is 20.1. The molecule has 1 fully saturated rings. The first-order chi connectivity index (χ1) is 6.66. The predicted octanol–water partition coefficient (Wildman–Crippen LogP) is 0.651. The molecule has 1 aliphatic heterocycles. The van der Waals surface area contributed by atoms with Crippen LogP contribution in [-0.2, 0) is 4.79 Å². The Balaban J connectivity index is 2.03. The third-order valence-electron chi connectivity index (χ3n) is 2.17. The molecule has 0 radical (unpaired) electrons. The lowest BCUT2D eigenvalue weighted by atomic mass is 10.0. The van der Waals surface area contributed by atoms with Crippen LogP contribution in [0.15, 0.2) is 12.4 Å². The number of hydrogen-bond acceptors (Lipinski definition) is 4. The molecular weight excluding hydrogens is 206 g/mol. The number of carboxylic acids is 1. The van der Waals surface area contributed by atoms with Gasteiger partial charge >= 0.3 is 5.97 Å². The normalized spacial score (nSPS) is 16.5. The van der Waals surface area contributed by atoms with Gasteiger partial charge in [0.2, 0.25) is 0 Å². The predicted molar refractivity (Wildman–Crippen MR) is 50.4 cm³/mol. The van der Waals surface area contributed by atoms with E-state index in [0.717, 1.165) is 0 Å². The fourth-order valence-electron chi connectivity index (χ4n) is 1.32. The molecule has 1 saturated heterocycles. The number of rotatable bonds is 2. The van der Waals surface area contributed by atoms with Gasteiger partial charge in [0, 0.05) is 19.2 Å². The molecule has 1 aliphatic rings. The maximum absolute atomic E-state index is 10.5. The molecule has 5 nitrogen and oxygen atoms in total. The number of carbonyl (C=O) groups is 1. The fourth-order valence-corrected chi connectivity index (χ4v) is 1.46. The highest BCUT2D eigenvalue weighted by Crippen LogP contribution is 2.23. The van der Waals surface area contributed by atoms with Crippen molar-refractivity contribution in [2.24, 2.45) is 5.92 Å². The molecule has 0 aromatic carbocycles. The highest BCUT2D eigenvalue weighted by atomic mass is 35.5. The first-order valence-corrected chi connectivity index (χ1v) is 4.50. The van der Waals surface area contributed by atoms with E-state index in [-0.39, 0.29) is 5.92 Å². The van der Waals surface area contributed by atoms with E-state index in [2.05, 4.69) is 9.97 Å². The third kappa shape index (κ3) is 1.63. The van der Waals surface area contributed by atoms with Crippen molar-refractivity contribution in [1.82, 2.24) is 9.97 Å². The Kier molecular flexibility index (Phi) is 2.25. The van der Waals surface area contributed by atoms with Crippen molar-refractivity contribution >= 4 is 23.4 Å². The Labute approximate surface area is 85.3 Å². The van der Waals surface area contributed by atoms with Crippen LogP contribution in [0.2, 0.25) is 5.15 Å². The van der Waals surface area contributed by atoms with Crippen molar-refractivity contribution in [2.45, 2.75) is 0 Å². The van der Waals surface area contributed by atoms with Gasteiger partial charge in [-0.3, -0.25) is 4.79 Å². The van der Waals surface area contributed by atoms with Gasteiger partial charge in [0.05, 0.1) is 5.92 Å². The number of hydrogen-bond donors (Lipinski definition) is 1. The largest absolute Gasteiger partial charge is 0.481 e. The van der Waals surface area contributed by atoms with Gasteiger partial charge in [-0.25, -0.2) is 9.97 Å². The lowest BCUT2D eigenvalue weighted by Gasteiger charge is -2.37. The van der Waals surface area contributed by atoms with Crippen LogP contribution in [-0.4, -0.2) is 34.1 Å². The monoisotopic (exact) mass is 213 g/mol. The van der Waals surface area contributed by atoms with Gasteiger partial charge in [-0.1, -0.05) is 11.6 Å². The molecule has 2 heterocycles. The lowest BCUT2D eigenvalue weighted by molar-refractivity contribution is -0.142. The molecule has 0 atom stereocenters. The quantitative estimate of drug-likeness (QED) is 0.731. The first kappa shape index (κ1) is 9.21. The van der Waals surface area contributed by atoms with Crippen molar-refractivity contribution in [2.75, 3.05) is 18.0 Å². The summed E-state index contributed by atoms with van der Waals surface area (Å²) in [6.45, 7) is 0.978. The fraction of sp³-hybridized carbons (Fsp3) is 0.375. The molecule has 0 amide bonds. The average molecular weight is 214 g/mol. The molecule has 14 heavy (non-hydrogen) atoms. The molecule has 0 saturated carbocycles. The summed E-state index contributed by atoms with van der Waals surface area (Å²) >= 11 is 5.67. The van der Waals surface area contributed by atoms with Crippen molar-refractivity contribution in [1.29, 1.82) is 0 Å². The van der Waals surface area contributed by atoms with Crippen LogP contribution in [0.3, 0.4) is 0 Å². The molecule has 1 N–H and O–H groups in total. The van der Waals surface area contributed by atoms with Gasteiger partial charge in [-0.2, -0.15) is 0 Å². The van der Waals surface area contributed by atoms with E-state index in [1.165, 1.54) is 6.33 Å². The van der Waals surface area contributed by atoms with Crippen LogP contribution in [0.4, 0.5) is 5.82 Å². The van der Waals surface area contributed by atoms with Crippen LogP contribution < -0.4 is 4.90 Å². The molecule has 0 unspecified atom stereocenters. The molecular formula is C8H8ClN3O2. The number of aromatic nitrogens is 2. The smallest absolute Gasteiger partial charge is 0.310 e. The summed E-state index contributed by atoms with van der Waals surface area (Å²) in [5, 5.41) is 9.04. The van der Waals surface area contributed by atoms with E-state index in [1.54, 1.807) is 6.07 Å². The maximum Gasteiger partial charge on any atom is 0.310 e. The minimum Gasteiger partial charge on any atom is -0.481 e. The Morgan fingerprint density at radius 2 is 2.29 bits per heavy atom. The summed E-state index contributed by atoms with van der Waals surface area (Å²) < 4.78 is 0. The lowest BCUT2D eigenvalue weighted by Crippen LogP contribution is -2.50. The number of aliphatic carboxylic acids is 1. The van der Waals surface area contributed by atoms with E-state index in [0.29, 0.717) is 24.1 Å². The molecule has 2 rings (SSSR count). The van der Waals surface area contributed by atoms with Gasteiger partial charge in [-0.15, -0.1) is 0 Å². The van der Waals surface area contributed by atoms with Crippen molar-refractivity contribution in [3.63, 3.8) is 0 Å². The van der Waals surface area contributed by atoms with Gasteiger partial charge in [0.1, 0.15) is 17.3 Å². The standard InChI is InChI=1S/C8H8ClN3O2/c9-6-1-7(11-4-10-6)12-2-5(3-12)8(13)14/h1,4-5H,2-3H2,(H,13,14). The summed E-state index contributed by atoms with van der Waals surface area (Å²) in [6, 6.07) is 1.62. The first-order valence-electron chi connectivity index (χ1n) is 4.12. The molecule has 0 bridgehead atoms. The number of anilines is 1. The van der Waals surface area contributed by atoms with Gasteiger partial charge < -0.3 is 10.0 Å². The van der Waals surface area contributed by atoms with Gasteiger partial charge in [-0.05, 0) is 0 Å². The van der Waals surface area contributed by atoms with E-state index in [9.17, 15) is 4.79 Å². The number of halogens is 1. The highest BCUT2D eigenvalue weighted by Gasteiger charge is 2.33. The highest BCUT2D eigenvalue weighted by molar-refractivity contribution is 6.29. The van der Waals surface area contributed by atoms with Crippen LogP contribution in [0.25, 0.3) is 0 Å². The minimum atomic E-state index is -0.763. The van der Waals surface area contributed by atoms with Gasteiger partial charge in [0.15, 0.2) is 0 Å². The SMILES string of the molecule is O=C(O)C1CN(c2cc(Cl)ncn2)C1. The topological polar surface area (TPSA) is 66.3 Å². The zero-order valence-electron chi connectivity index (χ0n) is 7.22. The van der Waals surface area contributed by atoms with Crippen LogP contribution in [0.1, 0.15) is 0 Å². The Bertz CT molecular complexity index is 365. The zero-order valence-corrected chi connectivity index (χ0v) is 7.98. The van der Waals surface area contributed by atoms with Crippen LogP contribution in [0.5, 0.6) is 0 Å². The maximum atomic E-state index is 10.5. The third-order valence-corrected chi connectivity index (χ3v) is 2.38.